The third kappa shape index (κ3) is 3.13. The van der Waals surface area contributed by atoms with Gasteiger partial charge in [0.15, 0.2) is 17.5 Å². The Hall–Kier alpha value is -1.40. The van der Waals surface area contributed by atoms with Gasteiger partial charge in [0.1, 0.15) is 5.01 Å². The quantitative estimate of drug-likeness (QED) is 0.868. The van der Waals surface area contributed by atoms with Crippen LogP contribution in [0.3, 0.4) is 0 Å². The van der Waals surface area contributed by atoms with Crippen LogP contribution in [0.5, 0.6) is 0 Å². The zero-order valence-electron chi connectivity index (χ0n) is 10.5. The predicted octanol–water partition coefficient (Wildman–Crippen LogP) is 3.65. The molecule has 1 N–H and O–H groups in total. The lowest BCUT2D eigenvalue weighted by Gasteiger charge is -2.20. The molecule has 0 spiro atoms. The second-order valence-corrected chi connectivity index (χ2v) is 5.35. The standard InChI is InChI=1S/C13H13F3N2S/c1-7(2)18-12(13-17-3-4-19-13)8-5-9(14)11(16)10(15)6-8/h3-7,12,18H,1-2H3. The van der Waals surface area contributed by atoms with Gasteiger partial charge in [0.2, 0.25) is 0 Å². The molecule has 0 bridgehead atoms. The first kappa shape index (κ1) is 14.0. The maximum absolute atomic E-state index is 13.3. The largest absolute Gasteiger partial charge is 0.302 e. The fourth-order valence-electron chi connectivity index (χ4n) is 1.76. The van der Waals surface area contributed by atoms with Gasteiger partial charge in [-0.2, -0.15) is 0 Å². The maximum atomic E-state index is 13.3. The van der Waals surface area contributed by atoms with Crippen LogP contribution in [0.15, 0.2) is 23.7 Å². The fraction of sp³-hybridized carbons (Fsp3) is 0.308. The molecule has 0 aliphatic heterocycles. The van der Waals surface area contributed by atoms with Crippen LogP contribution in [0, 0.1) is 17.5 Å². The van der Waals surface area contributed by atoms with Gasteiger partial charge in [0, 0.05) is 17.6 Å². The van der Waals surface area contributed by atoms with E-state index in [1.54, 1.807) is 11.6 Å². The topological polar surface area (TPSA) is 24.9 Å². The van der Waals surface area contributed by atoms with Crippen LogP contribution in [-0.4, -0.2) is 11.0 Å². The molecule has 0 saturated carbocycles. The summed E-state index contributed by atoms with van der Waals surface area (Å²) in [4.78, 5) is 4.15. The first-order valence-electron chi connectivity index (χ1n) is 5.79. The number of hydrogen-bond acceptors (Lipinski definition) is 3. The fourth-order valence-corrected chi connectivity index (χ4v) is 2.49. The lowest BCUT2D eigenvalue weighted by molar-refractivity contribution is 0.440. The summed E-state index contributed by atoms with van der Waals surface area (Å²) in [7, 11) is 0. The molecule has 1 atom stereocenters. The van der Waals surface area contributed by atoms with Gasteiger partial charge in [-0.05, 0) is 31.5 Å². The molecule has 0 radical (unpaired) electrons. The molecule has 1 aromatic heterocycles. The van der Waals surface area contributed by atoms with E-state index in [0.717, 1.165) is 12.1 Å². The van der Waals surface area contributed by atoms with Crippen LogP contribution in [0.25, 0.3) is 0 Å². The Bertz CT molecular complexity index is 532. The minimum atomic E-state index is -1.45. The van der Waals surface area contributed by atoms with Gasteiger partial charge in [0.05, 0.1) is 6.04 Å². The second-order valence-electron chi connectivity index (χ2n) is 4.42. The number of nitrogens with one attached hydrogen (secondary N) is 1. The molecule has 1 heterocycles. The SMILES string of the molecule is CC(C)NC(c1cc(F)c(F)c(F)c1)c1nccs1. The molecule has 2 nitrogen and oxygen atoms in total. The highest BCUT2D eigenvalue weighted by molar-refractivity contribution is 7.09. The summed E-state index contributed by atoms with van der Waals surface area (Å²) in [5.74, 6) is -3.84. The van der Waals surface area contributed by atoms with Crippen molar-refractivity contribution in [2.75, 3.05) is 0 Å². The third-order valence-electron chi connectivity index (χ3n) is 2.54. The van der Waals surface area contributed by atoms with Crippen LogP contribution >= 0.6 is 11.3 Å². The Morgan fingerprint density at radius 1 is 1.16 bits per heavy atom. The van der Waals surface area contributed by atoms with E-state index in [4.69, 9.17) is 0 Å². The van der Waals surface area contributed by atoms with Crippen LogP contribution in [0.1, 0.15) is 30.5 Å². The zero-order valence-corrected chi connectivity index (χ0v) is 11.3. The van der Waals surface area contributed by atoms with E-state index in [-0.39, 0.29) is 6.04 Å². The highest BCUT2D eigenvalue weighted by atomic mass is 32.1. The number of hydrogen-bond donors (Lipinski definition) is 1. The van der Waals surface area contributed by atoms with E-state index in [0.29, 0.717) is 10.6 Å². The second kappa shape index (κ2) is 5.71. The Balaban J connectivity index is 2.44. The predicted molar refractivity (Wildman–Crippen MR) is 68.5 cm³/mol. The first-order valence-corrected chi connectivity index (χ1v) is 6.67. The van der Waals surface area contributed by atoms with Crippen LogP contribution < -0.4 is 5.32 Å². The summed E-state index contributed by atoms with van der Waals surface area (Å²) in [6.07, 6.45) is 1.62. The Kier molecular flexibility index (Phi) is 4.21. The average Bonchev–Trinajstić information content (AvgIpc) is 2.85. The van der Waals surface area contributed by atoms with Crippen molar-refractivity contribution in [3.8, 4) is 0 Å². The van der Waals surface area contributed by atoms with E-state index in [9.17, 15) is 13.2 Å². The molecule has 0 aliphatic rings. The Morgan fingerprint density at radius 2 is 1.79 bits per heavy atom. The number of aromatic nitrogens is 1. The lowest BCUT2D eigenvalue weighted by atomic mass is 10.1. The Labute approximate surface area is 113 Å². The monoisotopic (exact) mass is 286 g/mol. The number of rotatable bonds is 4. The van der Waals surface area contributed by atoms with E-state index in [1.807, 2.05) is 13.8 Å². The van der Waals surface area contributed by atoms with Crippen molar-refractivity contribution in [1.29, 1.82) is 0 Å². The molecular formula is C13H13F3N2S. The van der Waals surface area contributed by atoms with E-state index < -0.39 is 23.5 Å². The molecule has 102 valence electrons. The van der Waals surface area contributed by atoms with Gasteiger partial charge in [-0.1, -0.05) is 0 Å². The van der Waals surface area contributed by atoms with Crippen molar-refractivity contribution >= 4 is 11.3 Å². The van der Waals surface area contributed by atoms with E-state index >= 15 is 0 Å². The molecule has 2 rings (SSSR count). The van der Waals surface area contributed by atoms with Crippen molar-refractivity contribution in [3.63, 3.8) is 0 Å². The summed E-state index contributed by atoms with van der Waals surface area (Å²) in [5, 5.41) is 5.62. The first-order chi connectivity index (χ1) is 8.99. The lowest BCUT2D eigenvalue weighted by Crippen LogP contribution is -2.29. The molecule has 1 unspecified atom stereocenters. The smallest absolute Gasteiger partial charge is 0.194 e. The molecule has 0 aliphatic carbocycles. The summed E-state index contributed by atoms with van der Waals surface area (Å²) in [6, 6.07) is 1.63. The van der Waals surface area contributed by atoms with Gasteiger partial charge in [-0.25, -0.2) is 18.2 Å². The summed E-state index contributed by atoms with van der Waals surface area (Å²) in [5.41, 5.74) is 0.319. The van der Waals surface area contributed by atoms with Crippen LogP contribution in [0.2, 0.25) is 0 Å². The minimum Gasteiger partial charge on any atom is -0.302 e. The van der Waals surface area contributed by atoms with Crippen LogP contribution in [-0.2, 0) is 0 Å². The number of benzene rings is 1. The van der Waals surface area contributed by atoms with Crippen LogP contribution in [0.4, 0.5) is 13.2 Å². The minimum absolute atomic E-state index is 0.0880. The molecule has 1 aromatic carbocycles. The highest BCUT2D eigenvalue weighted by Gasteiger charge is 2.21. The highest BCUT2D eigenvalue weighted by Crippen LogP contribution is 2.26. The molecule has 0 amide bonds. The van der Waals surface area contributed by atoms with Gasteiger partial charge >= 0.3 is 0 Å². The van der Waals surface area contributed by atoms with Crippen molar-refractivity contribution in [3.05, 3.63) is 51.7 Å². The van der Waals surface area contributed by atoms with Gasteiger partial charge < -0.3 is 5.32 Å². The maximum Gasteiger partial charge on any atom is 0.194 e. The molecule has 0 fully saturated rings. The average molecular weight is 286 g/mol. The van der Waals surface area contributed by atoms with Crippen molar-refractivity contribution in [2.45, 2.75) is 25.9 Å². The van der Waals surface area contributed by atoms with Gasteiger partial charge in [-0.15, -0.1) is 11.3 Å². The number of thiazole rings is 1. The van der Waals surface area contributed by atoms with Gasteiger partial charge in [-0.3, -0.25) is 0 Å². The summed E-state index contributed by atoms with van der Waals surface area (Å²) in [6.45, 7) is 3.83. The molecular weight excluding hydrogens is 273 g/mol. The summed E-state index contributed by atoms with van der Waals surface area (Å²) >= 11 is 1.37. The number of nitrogens with zero attached hydrogens (tertiary/aromatic N) is 1. The van der Waals surface area contributed by atoms with E-state index in [1.165, 1.54) is 11.3 Å². The summed E-state index contributed by atoms with van der Waals surface area (Å²) < 4.78 is 39.6. The molecule has 2 aromatic rings. The molecule has 19 heavy (non-hydrogen) atoms. The normalized spacial score (nSPS) is 12.9. The van der Waals surface area contributed by atoms with E-state index in [2.05, 4.69) is 10.3 Å². The molecule has 6 heteroatoms. The van der Waals surface area contributed by atoms with Crippen molar-refractivity contribution in [2.24, 2.45) is 0 Å². The third-order valence-corrected chi connectivity index (χ3v) is 3.38. The van der Waals surface area contributed by atoms with Crippen molar-refractivity contribution < 1.29 is 13.2 Å². The number of halogens is 3. The van der Waals surface area contributed by atoms with Crippen molar-refractivity contribution in [1.82, 2.24) is 10.3 Å². The van der Waals surface area contributed by atoms with Gasteiger partial charge in [0.25, 0.3) is 0 Å². The molecule has 0 saturated heterocycles. The Morgan fingerprint density at radius 3 is 2.26 bits per heavy atom. The zero-order chi connectivity index (χ0) is 14.0.